The number of nitrogens with one attached hydrogen (secondary N) is 1. The predicted octanol–water partition coefficient (Wildman–Crippen LogP) is 4.45. The average molecular weight is 373 g/mol. The van der Waals surface area contributed by atoms with Crippen molar-refractivity contribution >= 4 is 12.2 Å². The summed E-state index contributed by atoms with van der Waals surface area (Å²) in [6.45, 7) is 8.88. The molecule has 0 aliphatic carbocycles. The van der Waals surface area contributed by atoms with E-state index in [0.29, 0.717) is 12.0 Å². The smallest absolute Gasteiger partial charge is 0.310 e. The van der Waals surface area contributed by atoms with Gasteiger partial charge in [-0.15, -0.1) is 0 Å². The Morgan fingerprint density at radius 2 is 1.89 bits per heavy atom. The van der Waals surface area contributed by atoms with Crippen LogP contribution in [0.25, 0.3) is 12.2 Å². The number of halogens is 3. The summed E-state index contributed by atoms with van der Waals surface area (Å²) in [6.07, 6.45) is 1.16. The summed E-state index contributed by atoms with van der Waals surface area (Å²) in [5.41, 5.74) is 1.28. The van der Waals surface area contributed by atoms with E-state index in [-0.39, 0.29) is 6.04 Å². The van der Waals surface area contributed by atoms with Crippen molar-refractivity contribution in [3.8, 4) is 0 Å². The molecule has 0 aromatic heterocycles. The van der Waals surface area contributed by atoms with E-state index in [2.05, 4.69) is 31.0 Å². The molecule has 4 heteroatoms. The van der Waals surface area contributed by atoms with Gasteiger partial charge < -0.3 is 5.32 Å². The van der Waals surface area contributed by atoms with Gasteiger partial charge in [0.25, 0.3) is 0 Å². The first kappa shape index (κ1) is 21.0. The van der Waals surface area contributed by atoms with Crippen molar-refractivity contribution in [3.05, 3.63) is 82.2 Å². The fourth-order valence-electron chi connectivity index (χ4n) is 3.07. The highest BCUT2D eigenvalue weighted by molar-refractivity contribution is 5.61. The van der Waals surface area contributed by atoms with E-state index >= 15 is 0 Å². The number of hydrogen-bond donors (Lipinski definition) is 1. The Labute approximate surface area is 158 Å². The lowest BCUT2D eigenvalue weighted by Gasteiger charge is -2.16. The van der Waals surface area contributed by atoms with Gasteiger partial charge in [0, 0.05) is 6.04 Å². The molecule has 0 saturated heterocycles. The zero-order valence-electron chi connectivity index (χ0n) is 15.8. The van der Waals surface area contributed by atoms with Crippen LogP contribution in [-0.2, 0) is 12.6 Å². The molecule has 0 spiro atoms. The summed E-state index contributed by atoms with van der Waals surface area (Å²) in [5.74, 6) is 0. The standard InChI is InChI=1S/C23H26F3N/c1-4-9-22(21-14-6-5-10-17(21)2)18(3)27-15-8-12-19-11-7-13-20(16-19)23(24,25)26/h4-7,9-11,13-14,16,18,27H,2,8,12,15H2,1,3H3/b9-4-,22-21+. The predicted molar refractivity (Wildman–Crippen MR) is 107 cm³/mol. The van der Waals surface area contributed by atoms with E-state index in [0.717, 1.165) is 35.0 Å². The molecule has 1 unspecified atom stereocenters. The molecule has 0 saturated carbocycles. The van der Waals surface area contributed by atoms with Crippen molar-refractivity contribution in [3.63, 3.8) is 0 Å². The molecular weight excluding hydrogens is 347 g/mol. The average Bonchev–Trinajstić information content (AvgIpc) is 2.63. The molecule has 1 N–H and O–H groups in total. The number of alkyl halides is 3. The van der Waals surface area contributed by atoms with Crippen LogP contribution in [0.15, 0.2) is 60.7 Å². The van der Waals surface area contributed by atoms with Crippen molar-refractivity contribution in [2.75, 3.05) is 6.54 Å². The number of aryl methyl sites for hydroxylation is 1. The Bertz CT molecular complexity index is 881. The molecule has 0 radical (unpaired) electrons. The maximum absolute atomic E-state index is 12.8. The van der Waals surface area contributed by atoms with E-state index in [9.17, 15) is 13.2 Å². The maximum atomic E-state index is 12.8. The number of rotatable bonds is 7. The van der Waals surface area contributed by atoms with Gasteiger partial charge >= 0.3 is 6.18 Å². The van der Waals surface area contributed by atoms with Crippen LogP contribution in [0.3, 0.4) is 0 Å². The van der Waals surface area contributed by atoms with Crippen molar-refractivity contribution in [1.82, 2.24) is 5.32 Å². The summed E-state index contributed by atoms with van der Waals surface area (Å²) < 4.78 is 38.4. The van der Waals surface area contributed by atoms with Crippen LogP contribution in [0.2, 0.25) is 0 Å². The van der Waals surface area contributed by atoms with Crippen molar-refractivity contribution < 1.29 is 13.2 Å². The first-order valence-electron chi connectivity index (χ1n) is 9.13. The largest absolute Gasteiger partial charge is 0.416 e. The van der Waals surface area contributed by atoms with Crippen molar-refractivity contribution in [2.24, 2.45) is 0 Å². The Hall–Kier alpha value is -2.33. The van der Waals surface area contributed by atoms with Gasteiger partial charge in [-0.1, -0.05) is 61.2 Å². The second-order valence-electron chi connectivity index (χ2n) is 6.59. The molecule has 1 nitrogen and oxygen atoms in total. The van der Waals surface area contributed by atoms with Crippen molar-refractivity contribution in [1.29, 1.82) is 0 Å². The van der Waals surface area contributed by atoms with E-state index in [1.54, 1.807) is 6.07 Å². The van der Waals surface area contributed by atoms with Gasteiger partial charge in [0.05, 0.1) is 5.56 Å². The van der Waals surface area contributed by atoms with Gasteiger partial charge in [0.15, 0.2) is 0 Å². The van der Waals surface area contributed by atoms with Gasteiger partial charge in [-0.05, 0) is 60.9 Å². The minimum Gasteiger partial charge on any atom is -0.310 e. The third-order valence-corrected chi connectivity index (χ3v) is 4.49. The summed E-state index contributed by atoms with van der Waals surface area (Å²) in [5, 5.41) is 5.55. The normalized spacial score (nSPS) is 14.4. The summed E-state index contributed by atoms with van der Waals surface area (Å²) >= 11 is 0. The van der Waals surface area contributed by atoms with Crippen LogP contribution in [0.1, 0.15) is 31.4 Å². The highest BCUT2D eigenvalue weighted by Crippen LogP contribution is 2.29. The molecule has 0 bridgehead atoms. The lowest BCUT2D eigenvalue weighted by molar-refractivity contribution is -0.137. The number of hydrogen-bond acceptors (Lipinski definition) is 1. The van der Waals surface area contributed by atoms with Gasteiger partial charge in [-0.3, -0.25) is 0 Å². The lowest BCUT2D eigenvalue weighted by Crippen LogP contribution is -2.35. The third-order valence-electron chi connectivity index (χ3n) is 4.49. The topological polar surface area (TPSA) is 12.0 Å². The Balaban J connectivity index is 2.00. The summed E-state index contributed by atoms with van der Waals surface area (Å²) in [7, 11) is 0. The highest BCUT2D eigenvalue weighted by Gasteiger charge is 2.30. The minimum absolute atomic E-state index is 0.116. The summed E-state index contributed by atoms with van der Waals surface area (Å²) in [4.78, 5) is 0. The molecule has 0 amide bonds. The number of allylic oxidation sites excluding steroid dienone is 1. The molecule has 2 aromatic rings. The summed E-state index contributed by atoms with van der Waals surface area (Å²) in [6, 6.07) is 13.7. The second-order valence-corrected chi connectivity index (χ2v) is 6.59. The SMILES string of the molecule is C=c1cccc/c1=C(/C=C\C)C(C)NCCCc1cccc(C(F)(F)F)c1. The molecule has 27 heavy (non-hydrogen) atoms. The van der Waals surface area contributed by atoms with Gasteiger partial charge in [-0.25, -0.2) is 0 Å². The lowest BCUT2D eigenvalue weighted by atomic mass is 10.0. The Morgan fingerprint density at radius 1 is 1.15 bits per heavy atom. The fraction of sp³-hybridized carbons (Fsp3) is 0.304. The molecule has 2 aromatic carbocycles. The van der Waals surface area contributed by atoms with E-state index < -0.39 is 11.7 Å². The van der Waals surface area contributed by atoms with Crippen molar-refractivity contribution in [2.45, 2.75) is 38.9 Å². The molecule has 0 heterocycles. The molecule has 2 rings (SSSR count). The van der Waals surface area contributed by atoms with Crippen LogP contribution < -0.4 is 15.8 Å². The molecular formula is C23H26F3N. The van der Waals surface area contributed by atoms with Crippen LogP contribution in [0.5, 0.6) is 0 Å². The zero-order valence-corrected chi connectivity index (χ0v) is 15.8. The van der Waals surface area contributed by atoms with Crippen LogP contribution in [0, 0.1) is 0 Å². The third kappa shape index (κ3) is 6.10. The first-order valence-corrected chi connectivity index (χ1v) is 9.13. The monoisotopic (exact) mass is 373 g/mol. The van der Waals surface area contributed by atoms with Crippen LogP contribution in [0.4, 0.5) is 13.2 Å². The van der Waals surface area contributed by atoms with Gasteiger partial charge in [0.1, 0.15) is 0 Å². The van der Waals surface area contributed by atoms with E-state index in [4.69, 9.17) is 0 Å². The number of benzene rings is 2. The Kier molecular flexibility index (Phi) is 7.43. The first-order chi connectivity index (χ1) is 12.8. The van der Waals surface area contributed by atoms with Gasteiger partial charge in [0.2, 0.25) is 0 Å². The molecule has 1 atom stereocenters. The quantitative estimate of drug-likeness (QED) is 0.707. The van der Waals surface area contributed by atoms with E-state index in [1.165, 1.54) is 12.1 Å². The minimum atomic E-state index is -4.29. The highest BCUT2D eigenvalue weighted by atomic mass is 19.4. The van der Waals surface area contributed by atoms with Crippen LogP contribution in [-0.4, -0.2) is 12.6 Å². The maximum Gasteiger partial charge on any atom is 0.416 e. The molecule has 0 aliphatic rings. The molecule has 0 aliphatic heterocycles. The fourth-order valence-corrected chi connectivity index (χ4v) is 3.07. The molecule has 0 fully saturated rings. The zero-order chi connectivity index (χ0) is 19.9. The van der Waals surface area contributed by atoms with Crippen LogP contribution >= 0.6 is 0 Å². The second kappa shape index (κ2) is 9.56. The molecule has 144 valence electrons. The van der Waals surface area contributed by atoms with Gasteiger partial charge in [-0.2, -0.15) is 13.2 Å². The Morgan fingerprint density at radius 3 is 2.56 bits per heavy atom. The van der Waals surface area contributed by atoms with E-state index in [1.807, 2.05) is 31.2 Å².